The van der Waals surface area contributed by atoms with Gasteiger partial charge in [-0.15, -0.1) is 0 Å². The first-order valence-corrected chi connectivity index (χ1v) is 4.21. The van der Waals surface area contributed by atoms with Crippen LogP contribution in [-0.4, -0.2) is 23.4 Å². The average Bonchev–Trinajstić information content (AvgIpc) is 2.55. The van der Waals surface area contributed by atoms with Crippen molar-refractivity contribution in [3.8, 4) is 0 Å². The molecule has 0 spiro atoms. The topological polar surface area (TPSA) is 55.9 Å². The van der Waals surface area contributed by atoms with E-state index in [0.29, 0.717) is 6.54 Å². The third-order valence-electron chi connectivity index (χ3n) is 1.96. The first-order valence-electron chi connectivity index (χ1n) is 4.21. The molecule has 0 aliphatic carbocycles. The fourth-order valence-corrected chi connectivity index (χ4v) is 1.15. The van der Waals surface area contributed by atoms with Gasteiger partial charge in [0.05, 0.1) is 6.20 Å². The lowest BCUT2D eigenvalue weighted by Gasteiger charge is -2.10. The number of rotatable bonds is 4. The number of aromatic nitrogens is 2. The van der Waals surface area contributed by atoms with Crippen LogP contribution in [0.5, 0.6) is 0 Å². The Morgan fingerprint density at radius 3 is 2.92 bits per heavy atom. The highest BCUT2D eigenvalue weighted by Crippen LogP contribution is 2.08. The molecule has 68 valence electrons. The maximum Gasteiger partial charge on any atom is 0.0538 e. The van der Waals surface area contributed by atoms with Crippen molar-refractivity contribution in [1.29, 1.82) is 0 Å². The van der Waals surface area contributed by atoms with Crippen molar-refractivity contribution >= 4 is 0 Å². The molecule has 1 atom stereocenters. The van der Waals surface area contributed by atoms with Crippen molar-refractivity contribution in [3.05, 3.63) is 18.0 Å². The lowest BCUT2D eigenvalue weighted by Crippen LogP contribution is -2.24. The van der Waals surface area contributed by atoms with Gasteiger partial charge in [0.1, 0.15) is 0 Å². The van der Waals surface area contributed by atoms with Crippen molar-refractivity contribution < 1.29 is 0 Å². The van der Waals surface area contributed by atoms with E-state index in [0.717, 1.165) is 12.1 Å². The summed E-state index contributed by atoms with van der Waals surface area (Å²) in [7, 11) is 1.90. The van der Waals surface area contributed by atoms with Crippen LogP contribution >= 0.6 is 0 Å². The van der Waals surface area contributed by atoms with Gasteiger partial charge in [-0.2, -0.15) is 5.10 Å². The van der Waals surface area contributed by atoms with Crippen LogP contribution in [0, 0.1) is 0 Å². The van der Waals surface area contributed by atoms with Crippen LogP contribution in [-0.2, 0) is 6.54 Å². The monoisotopic (exact) mass is 168 g/mol. The minimum absolute atomic E-state index is 0.227. The molecule has 0 saturated heterocycles. The maximum absolute atomic E-state index is 5.57. The van der Waals surface area contributed by atoms with Gasteiger partial charge in [-0.1, -0.05) is 0 Å². The number of hydrogen-bond donors (Lipinski definition) is 2. The van der Waals surface area contributed by atoms with Crippen LogP contribution in [0.15, 0.2) is 12.4 Å². The van der Waals surface area contributed by atoms with Gasteiger partial charge in [-0.05, 0) is 14.0 Å². The average molecular weight is 168 g/mol. The van der Waals surface area contributed by atoms with Crippen LogP contribution in [0.4, 0.5) is 0 Å². The molecule has 12 heavy (non-hydrogen) atoms. The molecule has 3 N–H and O–H groups in total. The predicted octanol–water partition coefficient (Wildman–Crippen LogP) is 0.122. The van der Waals surface area contributed by atoms with Crippen molar-refractivity contribution in [1.82, 2.24) is 15.1 Å². The molecule has 0 aliphatic heterocycles. The second-order valence-electron chi connectivity index (χ2n) is 2.71. The minimum Gasteiger partial charge on any atom is -0.329 e. The summed E-state index contributed by atoms with van der Waals surface area (Å²) in [6, 6.07) is 0.227. The Hall–Kier alpha value is -0.870. The highest BCUT2D eigenvalue weighted by molar-refractivity contribution is 5.10. The zero-order valence-electron chi connectivity index (χ0n) is 7.62. The summed E-state index contributed by atoms with van der Waals surface area (Å²) in [4.78, 5) is 0. The molecular formula is C8H16N4. The molecule has 1 aromatic heterocycles. The van der Waals surface area contributed by atoms with E-state index in [4.69, 9.17) is 5.73 Å². The molecule has 1 unspecified atom stereocenters. The fourth-order valence-electron chi connectivity index (χ4n) is 1.15. The van der Waals surface area contributed by atoms with E-state index in [2.05, 4.69) is 17.3 Å². The summed E-state index contributed by atoms with van der Waals surface area (Å²) in [6.07, 6.45) is 3.88. The highest BCUT2D eigenvalue weighted by atomic mass is 15.3. The summed E-state index contributed by atoms with van der Waals surface area (Å²) in [5, 5.41) is 7.30. The Morgan fingerprint density at radius 2 is 2.50 bits per heavy atom. The quantitative estimate of drug-likeness (QED) is 0.671. The maximum atomic E-state index is 5.57. The largest absolute Gasteiger partial charge is 0.329 e. The molecule has 4 heteroatoms. The third-order valence-corrected chi connectivity index (χ3v) is 1.96. The van der Waals surface area contributed by atoms with Gasteiger partial charge >= 0.3 is 0 Å². The molecule has 0 fully saturated rings. The van der Waals surface area contributed by atoms with E-state index in [9.17, 15) is 0 Å². The van der Waals surface area contributed by atoms with Gasteiger partial charge in [0.25, 0.3) is 0 Å². The lowest BCUT2D eigenvalue weighted by atomic mass is 10.2. The van der Waals surface area contributed by atoms with Gasteiger partial charge in [0.15, 0.2) is 0 Å². The van der Waals surface area contributed by atoms with Crippen molar-refractivity contribution in [3.63, 3.8) is 0 Å². The number of hydrogen-bond acceptors (Lipinski definition) is 3. The van der Waals surface area contributed by atoms with Crippen molar-refractivity contribution in [2.24, 2.45) is 5.73 Å². The molecule has 0 radical (unpaired) electrons. The van der Waals surface area contributed by atoms with E-state index in [1.807, 2.05) is 24.1 Å². The highest BCUT2D eigenvalue weighted by Gasteiger charge is 2.07. The van der Waals surface area contributed by atoms with Crippen molar-refractivity contribution in [2.75, 3.05) is 13.6 Å². The Morgan fingerprint density at radius 1 is 1.75 bits per heavy atom. The van der Waals surface area contributed by atoms with Crippen LogP contribution in [0.2, 0.25) is 0 Å². The molecular weight excluding hydrogens is 152 g/mol. The van der Waals surface area contributed by atoms with E-state index in [1.165, 1.54) is 0 Å². The van der Waals surface area contributed by atoms with Gasteiger partial charge in [-0.25, -0.2) is 0 Å². The molecule has 0 amide bonds. The standard InChI is InChI=1S/C8H16N4/c1-3-12-6-7(5-11-12)8(4-9)10-2/h5-6,8,10H,3-4,9H2,1-2H3. The van der Waals surface area contributed by atoms with Crippen LogP contribution < -0.4 is 11.1 Å². The molecule has 4 nitrogen and oxygen atoms in total. The summed E-state index contributed by atoms with van der Waals surface area (Å²) >= 11 is 0. The van der Waals surface area contributed by atoms with E-state index in [-0.39, 0.29) is 6.04 Å². The van der Waals surface area contributed by atoms with Crippen molar-refractivity contribution in [2.45, 2.75) is 19.5 Å². The fraction of sp³-hybridized carbons (Fsp3) is 0.625. The smallest absolute Gasteiger partial charge is 0.0538 e. The number of nitrogens with two attached hydrogens (primary N) is 1. The van der Waals surface area contributed by atoms with E-state index >= 15 is 0 Å². The van der Waals surface area contributed by atoms with Gasteiger partial charge in [-0.3, -0.25) is 4.68 Å². The molecule has 1 aromatic rings. The normalized spacial score (nSPS) is 13.2. The Balaban J connectivity index is 2.72. The Bertz CT molecular complexity index is 227. The summed E-state index contributed by atoms with van der Waals surface area (Å²) in [6.45, 7) is 3.57. The molecule has 0 saturated carbocycles. The number of nitrogens with zero attached hydrogens (tertiary/aromatic N) is 2. The number of nitrogens with one attached hydrogen (secondary N) is 1. The molecule has 0 aromatic carbocycles. The van der Waals surface area contributed by atoms with Crippen LogP contribution in [0.1, 0.15) is 18.5 Å². The first kappa shape index (κ1) is 9.22. The second-order valence-corrected chi connectivity index (χ2v) is 2.71. The summed E-state index contributed by atoms with van der Waals surface area (Å²) in [5.74, 6) is 0. The molecule has 0 aliphatic rings. The molecule has 1 heterocycles. The SMILES string of the molecule is CCn1cc(C(CN)NC)cn1. The second kappa shape index (κ2) is 4.23. The zero-order chi connectivity index (χ0) is 8.97. The lowest BCUT2D eigenvalue weighted by molar-refractivity contribution is 0.602. The first-order chi connectivity index (χ1) is 5.81. The number of likely N-dealkylation sites (N-methyl/N-ethyl adjacent to an activating group) is 1. The van der Waals surface area contributed by atoms with E-state index in [1.54, 1.807) is 0 Å². The third kappa shape index (κ3) is 1.84. The van der Waals surface area contributed by atoms with Gasteiger partial charge in [0.2, 0.25) is 0 Å². The van der Waals surface area contributed by atoms with Gasteiger partial charge in [0, 0.05) is 30.9 Å². The summed E-state index contributed by atoms with van der Waals surface area (Å²) in [5.41, 5.74) is 6.72. The number of aryl methyl sites for hydroxylation is 1. The minimum atomic E-state index is 0.227. The molecule has 1 rings (SSSR count). The zero-order valence-corrected chi connectivity index (χ0v) is 7.62. The molecule has 0 bridgehead atoms. The Kier molecular flexibility index (Phi) is 3.25. The van der Waals surface area contributed by atoms with Crippen LogP contribution in [0.25, 0.3) is 0 Å². The van der Waals surface area contributed by atoms with E-state index < -0.39 is 0 Å². The van der Waals surface area contributed by atoms with Crippen LogP contribution in [0.3, 0.4) is 0 Å². The van der Waals surface area contributed by atoms with Gasteiger partial charge < -0.3 is 11.1 Å². The predicted molar refractivity (Wildman–Crippen MR) is 48.8 cm³/mol. The Labute approximate surface area is 72.8 Å². The summed E-state index contributed by atoms with van der Waals surface area (Å²) < 4.78 is 1.90.